The summed E-state index contributed by atoms with van der Waals surface area (Å²) < 4.78 is 6.84. The molecule has 16 heavy (non-hydrogen) atoms. The van der Waals surface area contributed by atoms with Gasteiger partial charge in [-0.2, -0.15) is 0 Å². The lowest BCUT2D eigenvalue weighted by Gasteiger charge is -2.33. The van der Waals surface area contributed by atoms with Gasteiger partial charge in [-0.25, -0.2) is 0 Å². The predicted molar refractivity (Wildman–Crippen MR) is 70.8 cm³/mol. The Kier molecular flexibility index (Phi) is 3.87. The Hall–Kier alpha value is -0.540. The molecular formula is C13H18BrNO. The highest BCUT2D eigenvalue weighted by molar-refractivity contribution is 9.10. The average Bonchev–Trinajstić information content (AvgIpc) is 2.20. The van der Waals surface area contributed by atoms with Crippen LogP contribution < -0.4 is 5.32 Å². The van der Waals surface area contributed by atoms with Crippen molar-refractivity contribution >= 4 is 21.6 Å². The van der Waals surface area contributed by atoms with E-state index in [0.29, 0.717) is 18.2 Å². The summed E-state index contributed by atoms with van der Waals surface area (Å²) in [6.07, 6.45) is 2.88. The van der Waals surface area contributed by atoms with Crippen LogP contribution in [0.4, 0.5) is 5.69 Å². The van der Waals surface area contributed by atoms with E-state index in [1.807, 2.05) is 0 Å². The Morgan fingerprint density at radius 2 is 1.69 bits per heavy atom. The van der Waals surface area contributed by atoms with Crippen molar-refractivity contribution in [3.05, 3.63) is 28.7 Å². The first kappa shape index (κ1) is 11.9. The molecule has 1 heterocycles. The molecule has 1 N–H and O–H groups in total. The maximum atomic E-state index is 5.73. The molecule has 2 nitrogen and oxygen atoms in total. The fraction of sp³-hybridized carbons (Fsp3) is 0.538. The summed E-state index contributed by atoms with van der Waals surface area (Å²) in [5.41, 5.74) is 1.19. The highest BCUT2D eigenvalue weighted by Gasteiger charge is 2.23. The lowest BCUT2D eigenvalue weighted by atomic mass is 9.99. The van der Waals surface area contributed by atoms with Gasteiger partial charge in [0.05, 0.1) is 12.2 Å². The minimum Gasteiger partial charge on any atom is -0.382 e. The zero-order chi connectivity index (χ0) is 11.5. The number of nitrogens with one attached hydrogen (secondary N) is 1. The van der Waals surface area contributed by atoms with E-state index >= 15 is 0 Å². The molecule has 1 aromatic rings. The molecule has 2 rings (SSSR count). The molecule has 0 radical (unpaired) electrons. The fourth-order valence-corrected chi connectivity index (χ4v) is 2.57. The molecule has 0 bridgehead atoms. The molecule has 1 aromatic carbocycles. The summed E-state index contributed by atoms with van der Waals surface area (Å²) in [4.78, 5) is 0. The highest BCUT2D eigenvalue weighted by Crippen LogP contribution is 2.23. The first-order valence-electron chi connectivity index (χ1n) is 5.81. The van der Waals surface area contributed by atoms with E-state index in [4.69, 9.17) is 4.74 Å². The normalized spacial score (nSPS) is 30.1. The summed E-state index contributed by atoms with van der Waals surface area (Å²) in [6.45, 7) is 4.29. The number of halogens is 1. The molecule has 2 unspecified atom stereocenters. The van der Waals surface area contributed by atoms with Crippen molar-refractivity contribution in [1.82, 2.24) is 0 Å². The van der Waals surface area contributed by atoms with Crippen molar-refractivity contribution in [2.75, 3.05) is 5.32 Å². The van der Waals surface area contributed by atoms with Crippen molar-refractivity contribution < 1.29 is 4.74 Å². The van der Waals surface area contributed by atoms with Crippen molar-refractivity contribution in [1.29, 1.82) is 0 Å². The van der Waals surface area contributed by atoms with Gasteiger partial charge in [0.2, 0.25) is 0 Å². The van der Waals surface area contributed by atoms with Gasteiger partial charge in [-0.15, -0.1) is 0 Å². The Labute approximate surface area is 106 Å². The van der Waals surface area contributed by atoms with Crippen LogP contribution in [-0.4, -0.2) is 18.2 Å². The van der Waals surface area contributed by atoms with Crippen LogP contribution in [-0.2, 0) is 4.74 Å². The minimum atomic E-state index is 0.358. The predicted octanol–water partition coefficient (Wildman–Crippen LogP) is 3.82. The number of hydrogen-bond donors (Lipinski definition) is 1. The second-order valence-corrected chi connectivity index (χ2v) is 5.49. The number of rotatable bonds is 2. The molecule has 2 atom stereocenters. The van der Waals surface area contributed by atoms with E-state index < -0.39 is 0 Å². The zero-order valence-electron chi connectivity index (χ0n) is 9.74. The monoisotopic (exact) mass is 283 g/mol. The third-order valence-electron chi connectivity index (χ3n) is 2.91. The van der Waals surface area contributed by atoms with Gasteiger partial charge >= 0.3 is 0 Å². The first-order valence-corrected chi connectivity index (χ1v) is 6.60. The molecule has 0 spiro atoms. The Balaban J connectivity index is 1.96. The van der Waals surface area contributed by atoms with Crippen LogP contribution in [0, 0.1) is 0 Å². The highest BCUT2D eigenvalue weighted by atomic mass is 79.9. The van der Waals surface area contributed by atoms with Gasteiger partial charge in [0.25, 0.3) is 0 Å². The molecule has 0 saturated carbocycles. The molecule has 0 amide bonds. The lowest BCUT2D eigenvalue weighted by Crippen LogP contribution is -2.36. The largest absolute Gasteiger partial charge is 0.382 e. The maximum Gasteiger partial charge on any atom is 0.0570 e. The number of ether oxygens (including phenoxy) is 1. The number of hydrogen-bond acceptors (Lipinski definition) is 2. The summed E-state index contributed by atoms with van der Waals surface area (Å²) in [6, 6.07) is 8.87. The summed E-state index contributed by atoms with van der Waals surface area (Å²) in [5.74, 6) is 0. The van der Waals surface area contributed by atoms with E-state index in [1.54, 1.807) is 0 Å². The molecule has 1 aliphatic rings. The van der Waals surface area contributed by atoms with E-state index in [-0.39, 0.29) is 0 Å². The first-order chi connectivity index (χ1) is 7.63. The quantitative estimate of drug-likeness (QED) is 0.891. The van der Waals surface area contributed by atoms with Crippen LogP contribution in [0.2, 0.25) is 0 Å². The van der Waals surface area contributed by atoms with E-state index in [1.165, 1.54) is 5.69 Å². The molecule has 3 heteroatoms. The lowest BCUT2D eigenvalue weighted by molar-refractivity contribution is -0.0337. The molecule has 1 saturated heterocycles. The van der Waals surface area contributed by atoms with Crippen molar-refractivity contribution in [2.45, 2.75) is 44.9 Å². The standard InChI is InChI=1S/C13H18BrNO/c1-9-7-13(8-10(2)16-9)15-12-5-3-11(14)4-6-12/h3-6,9-10,13,15H,7-8H2,1-2H3. The van der Waals surface area contributed by atoms with Crippen LogP contribution in [0.1, 0.15) is 26.7 Å². The second kappa shape index (κ2) is 5.19. The van der Waals surface area contributed by atoms with Crippen molar-refractivity contribution in [3.63, 3.8) is 0 Å². The topological polar surface area (TPSA) is 21.3 Å². The maximum absolute atomic E-state index is 5.73. The third-order valence-corrected chi connectivity index (χ3v) is 3.44. The molecule has 1 fully saturated rings. The number of anilines is 1. The zero-order valence-corrected chi connectivity index (χ0v) is 11.3. The molecule has 1 aliphatic heterocycles. The summed E-state index contributed by atoms with van der Waals surface area (Å²) >= 11 is 3.44. The van der Waals surface area contributed by atoms with Gasteiger partial charge < -0.3 is 10.1 Å². The minimum absolute atomic E-state index is 0.358. The summed E-state index contributed by atoms with van der Waals surface area (Å²) in [7, 11) is 0. The Morgan fingerprint density at radius 1 is 1.12 bits per heavy atom. The summed E-state index contributed by atoms with van der Waals surface area (Å²) in [5, 5.41) is 3.57. The Bertz CT molecular complexity index is 328. The molecular weight excluding hydrogens is 266 g/mol. The van der Waals surface area contributed by atoms with Crippen LogP contribution in [0.15, 0.2) is 28.7 Å². The average molecular weight is 284 g/mol. The van der Waals surface area contributed by atoms with Crippen LogP contribution in [0.25, 0.3) is 0 Å². The molecule has 88 valence electrons. The van der Waals surface area contributed by atoms with Gasteiger partial charge in [-0.3, -0.25) is 0 Å². The fourth-order valence-electron chi connectivity index (χ4n) is 2.30. The van der Waals surface area contributed by atoms with Crippen LogP contribution >= 0.6 is 15.9 Å². The third kappa shape index (κ3) is 3.22. The van der Waals surface area contributed by atoms with Gasteiger partial charge in [0.1, 0.15) is 0 Å². The number of benzene rings is 1. The van der Waals surface area contributed by atoms with Crippen LogP contribution in [0.3, 0.4) is 0 Å². The van der Waals surface area contributed by atoms with E-state index in [0.717, 1.165) is 17.3 Å². The smallest absolute Gasteiger partial charge is 0.0570 e. The Morgan fingerprint density at radius 3 is 2.25 bits per heavy atom. The van der Waals surface area contributed by atoms with Crippen molar-refractivity contribution in [2.24, 2.45) is 0 Å². The van der Waals surface area contributed by atoms with Gasteiger partial charge in [0, 0.05) is 16.2 Å². The molecule has 0 aromatic heterocycles. The molecule has 0 aliphatic carbocycles. The van der Waals surface area contributed by atoms with E-state index in [9.17, 15) is 0 Å². The second-order valence-electron chi connectivity index (χ2n) is 4.58. The van der Waals surface area contributed by atoms with Gasteiger partial charge in [0.15, 0.2) is 0 Å². The van der Waals surface area contributed by atoms with Crippen LogP contribution in [0.5, 0.6) is 0 Å². The van der Waals surface area contributed by atoms with Crippen molar-refractivity contribution in [3.8, 4) is 0 Å². The van der Waals surface area contributed by atoms with Gasteiger partial charge in [-0.1, -0.05) is 15.9 Å². The van der Waals surface area contributed by atoms with E-state index in [2.05, 4.69) is 59.4 Å². The SMILES string of the molecule is CC1CC(Nc2ccc(Br)cc2)CC(C)O1. The van der Waals surface area contributed by atoms with Gasteiger partial charge in [-0.05, 0) is 51.0 Å².